The third-order valence-corrected chi connectivity index (χ3v) is 5.37. The van der Waals surface area contributed by atoms with Gasteiger partial charge in [-0.15, -0.1) is 10.2 Å². The van der Waals surface area contributed by atoms with E-state index in [4.69, 9.17) is 13.9 Å². The van der Waals surface area contributed by atoms with Gasteiger partial charge in [-0.05, 0) is 66.2 Å². The summed E-state index contributed by atoms with van der Waals surface area (Å²) in [6.45, 7) is 1.72. The van der Waals surface area contributed by atoms with Gasteiger partial charge in [0, 0.05) is 31.3 Å². The first-order chi connectivity index (χ1) is 17.4. The van der Waals surface area contributed by atoms with Crippen LogP contribution in [0.2, 0.25) is 0 Å². The molecule has 0 atom stereocenters. The quantitative estimate of drug-likeness (QED) is 0.377. The fraction of sp³-hybridized carbons (Fsp3) is 0.120. The number of urea groups is 1. The zero-order valence-corrected chi connectivity index (χ0v) is 18.9. The van der Waals surface area contributed by atoms with Gasteiger partial charge in [0.2, 0.25) is 11.8 Å². The number of ether oxygens (including phenoxy) is 2. The maximum atomic E-state index is 12.8. The normalized spacial score (nSPS) is 14.6. The molecule has 1 aliphatic heterocycles. The van der Waals surface area contributed by atoms with Crippen LogP contribution in [0.25, 0.3) is 11.5 Å². The molecule has 0 spiro atoms. The van der Waals surface area contributed by atoms with Gasteiger partial charge in [-0.1, -0.05) is 0 Å². The monoisotopic (exact) mass is 485 g/mol. The highest BCUT2D eigenvalue weighted by Crippen LogP contribution is 2.29. The molecule has 4 aromatic rings. The molecule has 2 aromatic carbocycles. The van der Waals surface area contributed by atoms with Crippen LogP contribution in [-0.4, -0.2) is 38.6 Å². The van der Waals surface area contributed by atoms with Gasteiger partial charge in [-0.3, -0.25) is 25.2 Å². The molecule has 0 aliphatic carbocycles. The number of carbonyl (C=O) groups excluding carboxylic acids is 3. The van der Waals surface area contributed by atoms with E-state index in [1.165, 1.54) is 12.4 Å². The Morgan fingerprint density at radius 2 is 1.39 bits per heavy atom. The Kier molecular flexibility index (Phi) is 5.87. The van der Waals surface area contributed by atoms with E-state index in [0.29, 0.717) is 28.8 Å². The van der Waals surface area contributed by atoms with Crippen molar-refractivity contribution in [1.29, 1.82) is 0 Å². The Balaban J connectivity index is 1.33. The number of pyridine rings is 1. The highest BCUT2D eigenvalue weighted by molar-refractivity contribution is 6.22. The average molecular weight is 485 g/mol. The van der Waals surface area contributed by atoms with Gasteiger partial charge < -0.3 is 13.9 Å². The molecule has 1 fully saturated rings. The van der Waals surface area contributed by atoms with Crippen molar-refractivity contribution < 1.29 is 28.3 Å². The van der Waals surface area contributed by atoms with Crippen LogP contribution in [-0.2, 0) is 16.0 Å². The summed E-state index contributed by atoms with van der Waals surface area (Å²) in [6, 6.07) is 15.9. The zero-order valence-electron chi connectivity index (χ0n) is 18.9. The minimum Gasteiger partial charge on any atom is -0.467 e. The minimum absolute atomic E-state index is 0.107. The lowest BCUT2D eigenvalue weighted by Gasteiger charge is -2.34. The Bertz CT molecular complexity index is 1400. The second-order valence-corrected chi connectivity index (χ2v) is 7.92. The Morgan fingerprint density at radius 3 is 1.97 bits per heavy atom. The molecule has 0 unspecified atom stereocenters. The van der Waals surface area contributed by atoms with Crippen LogP contribution in [0.3, 0.4) is 0 Å². The van der Waals surface area contributed by atoms with Crippen molar-refractivity contribution >= 4 is 17.8 Å². The van der Waals surface area contributed by atoms with Crippen molar-refractivity contribution in [2.75, 3.05) is 0 Å². The Hall–Kier alpha value is -5.06. The molecule has 0 radical (unpaired) electrons. The summed E-state index contributed by atoms with van der Waals surface area (Å²) < 4.78 is 17.2. The standard InChI is InChI=1S/C25H19N5O6/c1-15-29-30-21(34-15)17-2-4-18(5-3-17)35-19-6-8-20(9-7-19)36-25(14-16-10-12-26-13-11-16)22(31)27-24(33)28-23(25)32/h2-13H,14H2,1H3,(H2,27,28,31,32,33). The van der Waals surface area contributed by atoms with E-state index in [2.05, 4.69) is 25.8 Å². The van der Waals surface area contributed by atoms with Gasteiger partial charge in [-0.2, -0.15) is 0 Å². The third kappa shape index (κ3) is 4.62. The van der Waals surface area contributed by atoms with Crippen LogP contribution in [0.15, 0.2) is 77.5 Å². The van der Waals surface area contributed by atoms with Crippen molar-refractivity contribution in [2.45, 2.75) is 18.9 Å². The number of amides is 4. The molecule has 0 saturated carbocycles. The van der Waals surface area contributed by atoms with Crippen molar-refractivity contribution in [3.05, 3.63) is 84.5 Å². The molecule has 2 aromatic heterocycles. The average Bonchev–Trinajstić information content (AvgIpc) is 3.31. The van der Waals surface area contributed by atoms with E-state index >= 15 is 0 Å². The van der Waals surface area contributed by atoms with E-state index in [0.717, 1.165) is 5.56 Å². The number of aryl methyl sites for hydroxylation is 1. The molecule has 5 rings (SSSR count). The maximum Gasteiger partial charge on any atom is 0.328 e. The van der Waals surface area contributed by atoms with E-state index < -0.39 is 23.4 Å². The van der Waals surface area contributed by atoms with Crippen molar-refractivity contribution in [2.24, 2.45) is 0 Å². The fourth-order valence-electron chi connectivity index (χ4n) is 3.61. The smallest absolute Gasteiger partial charge is 0.328 e. The molecule has 1 saturated heterocycles. The van der Waals surface area contributed by atoms with Crippen LogP contribution < -0.4 is 20.1 Å². The maximum absolute atomic E-state index is 12.8. The second-order valence-electron chi connectivity index (χ2n) is 7.92. The third-order valence-electron chi connectivity index (χ3n) is 5.37. The molecule has 11 nitrogen and oxygen atoms in total. The van der Waals surface area contributed by atoms with Crippen LogP contribution in [0.4, 0.5) is 4.79 Å². The predicted molar refractivity (Wildman–Crippen MR) is 124 cm³/mol. The number of carbonyl (C=O) groups is 3. The van der Waals surface area contributed by atoms with E-state index in [1.807, 2.05) is 0 Å². The van der Waals surface area contributed by atoms with Crippen molar-refractivity contribution in [3.8, 4) is 28.7 Å². The molecule has 180 valence electrons. The SMILES string of the molecule is Cc1nnc(-c2ccc(Oc3ccc(OC4(Cc5ccncc5)C(=O)NC(=O)NC4=O)cc3)cc2)o1. The fourth-order valence-corrected chi connectivity index (χ4v) is 3.61. The number of benzene rings is 2. The van der Waals surface area contributed by atoms with Gasteiger partial charge >= 0.3 is 6.03 Å². The summed E-state index contributed by atoms with van der Waals surface area (Å²) in [5.74, 6) is 0.485. The molecule has 1 aliphatic rings. The minimum atomic E-state index is -1.99. The number of hydrogen-bond acceptors (Lipinski definition) is 9. The number of nitrogens with zero attached hydrogens (tertiary/aromatic N) is 3. The number of nitrogens with one attached hydrogen (secondary N) is 2. The molecule has 3 heterocycles. The first-order valence-electron chi connectivity index (χ1n) is 10.8. The molecule has 0 bridgehead atoms. The highest BCUT2D eigenvalue weighted by Gasteiger charge is 2.53. The van der Waals surface area contributed by atoms with Crippen LogP contribution in [0.5, 0.6) is 17.2 Å². The lowest BCUT2D eigenvalue weighted by molar-refractivity contribution is -0.151. The van der Waals surface area contributed by atoms with Gasteiger partial charge in [0.1, 0.15) is 17.2 Å². The molecule has 2 N–H and O–H groups in total. The van der Waals surface area contributed by atoms with Gasteiger partial charge in [-0.25, -0.2) is 4.79 Å². The lowest BCUT2D eigenvalue weighted by atomic mass is 9.91. The summed E-state index contributed by atoms with van der Waals surface area (Å²) >= 11 is 0. The Labute approximate surface area is 204 Å². The number of barbiturate groups is 1. The first kappa shape index (κ1) is 22.7. The van der Waals surface area contributed by atoms with Gasteiger partial charge in [0.05, 0.1) is 0 Å². The van der Waals surface area contributed by atoms with E-state index in [9.17, 15) is 14.4 Å². The molecule has 4 amide bonds. The van der Waals surface area contributed by atoms with Crippen molar-refractivity contribution in [3.63, 3.8) is 0 Å². The topological polar surface area (TPSA) is 146 Å². The number of imide groups is 2. The predicted octanol–water partition coefficient (Wildman–Crippen LogP) is 2.96. The van der Waals surface area contributed by atoms with Crippen LogP contribution in [0.1, 0.15) is 11.5 Å². The molecular weight excluding hydrogens is 466 g/mol. The van der Waals surface area contributed by atoms with E-state index in [-0.39, 0.29) is 12.2 Å². The highest BCUT2D eigenvalue weighted by atomic mass is 16.5. The molecular formula is C25H19N5O6. The Morgan fingerprint density at radius 1 is 0.806 bits per heavy atom. The second kappa shape index (κ2) is 9.29. The van der Waals surface area contributed by atoms with Crippen molar-refractivity contribution in [1.82, 2.24) is 25.8 Å². The largest absolute Gasteiger partial charge is 0.467 e. The molecule has 36 heavy (non-hydrogen) atoms. The summed E-state index contributed by atoms with van der Waals surface area (Å²) in [7, 11) is 0. The number of hydrogen-bond donors (Lipinski definition) is 2. The van der Waals surface area contributed by atoms with Crippen LogP contribution in [0, 0.1) is 6.92 Å². The van der Waals surface area contributed by atoms with Crippen LogP contribution >= 0.6 is 0 Å². The lowest BCUT2D eigenvalue weighted by Crippen LogP contribution is -2.70. The first-order valence-corrected chi connectivity index (χ1v) is 10.8. The molecule has 11 heteroatoms. The van der Waals surface area contributed by atoms with E-state index in [1.54, 1.807) is 67.6 Å². The number of rotatable bonds is 7. The zero-order chi connectivity index (χ0) is 25.1. The summed E-state index contributed by atoms with van der Waals surface area (Å²) in [6.07, 6.45) is 2.97. The summed E-state index contributed by atoms with van der Waals surface area (Å²) in [4.78, 5) is 41.2. The number of aromatic nitrogens is 3. The summed E-state index contributed by atoms with van der Waals surface area (Å²) in [5, 5.41) is 12.0. The van der Waals surface area contributed by atoms with Gasteiger partial charge in [0.15, 0.2) is 0 Å². The summed E-state index contributed by atoms with van der Waals surface area (Å²) in [5.41, 5.74) is -0.599. The van der Waals surface area contributed by atoms with Gasteiger partial charge in [0.25, 0.3) is 17.4 Å².